The zero-order valence-corrected chi connectivity index (χ0v) is 47.4. The lowest BCUT2D eigenvalue weighted by atomic mass is 10.0. The number of rotatable bonds is 55. The minimum atomic E-state index is -0.800. The Morgan fingerprint density at radius 2 is 0.569 bits per heavy atom. The number of hydrogen-bond donors (Lipinski definition) is 0. The molecule has 0 aliphatic heterocycles. The molecule has 0 saturated heterocycles. The molecule has 6 nitrogen and oxygen atoms in total. The molecular formula is C66H114O6. The van der Waals surface area contributed by atoms with Crippen LogP contribution >= 0.6 is 0 Å². The van der Waals surface area contributed by atoms with Crippen LogP contribution in [-0.4, -0.2) is 37.2 Å². The molecule has 0 rings (SSSR count). The maximum Gasteiger partial charge on any atom is 0.306 e. The second-order valence-electron chi connectivity index (χ2n) is 20.2. The van der Waals surface area contributed by atoms with Gasteiger partial charge in [0.2, 0.25) is 0 Å². The molecular weight excluding hydrogens is 889 g/mol. The van der Waals surface area contributed by atoms with Crippen molar-refractivity contribution in [3.8, 4) is 0 Å². The summed E-state index contributed by atoms with van der Waals surface area (Å²) in [6.45, 7) is 6.43. The molecule has 0 bridgehead atoms. The van der Waals surface area contributed by atoms with Crippen LogP contribution in [-0.2, 0) is 28.6 Å². The molecule has 0 radical (unpaired) electrons. The van der Waals surface area contributed by atoms with Gasteiger partial charge in [0.15, 0.2) is 6.10 Å². The van der Waals surface area contributed by atoms with Gasteiger partial charge >= 0.3 is 17.9 Å². The van der Waals surface area contributed by atoms with Gasteiger partial charge in [-0.25, -0.2) is 0 Å². The largest absolute Gasteiger partial charge is 0.462 e. The lowest BCUT2D eigenvalue weighted by molar-refractivity contribution is -0.167. The summed E-state index contributed by atoms with van der Waals surface area (Å²) in [5.41, 5.74) is 0. The minimum absolute atomic E-state index is 0.0944. The van der Waals surface area contributed by atoms with Crippen molar-refractivity contribution in [2.24, 2.45) is 0 Å². The van der Waals surface area contributed by atoms with Gasteiger partial charge in [0.1, 0.15) is 13.2 Å². The molecule has 1 atom stereocenters. The van der Waals surface area contributed by atoms with Crippen LogP contribution < -0.4 is 0 Å². The lowest BCUT2D eigenvalue weighted by Crippen LogP contribution is -2.30. The summed E-state index contributed by atoms with van der Waals surface area (Å²) in [5, 5.41) is 0. The zero-order valence-electron chi connectivity index (χ0n) is 47.4. The standard InChI is InChI=1S/C66H114O6/c1-4-7-10-13-16-19-22-24-26-27-28-29-30-31-32-33-34-35-36-37-38-39-41-42-44-47-50-53-56-59-65(68)71-62-63(61-70-64(67)58-55-52-49-46-21-18-15-12-9-6-3)72-66(69)60-57-54-51-48-45-43-40-25-23-20-17-14-11-8-5-2/h8,11-12,15,17,20,22,24-25,27-28,40,45,48,63H,4-7,9-10,13-14,16,18-19,21,23,26,29-39,41-44,46-47,49-62H2,1-3H3/b11-8-,15-12-,20-17-,24-22-,28-27-,40-25-,48-45-. The Morgan fingerprint density at radius 3 is 0.944 bits per heavy atom. The van der Waals surface area contributed by atoms with Crippen molar-refractivity contribution in [3.05, 3.63) is 85.1 Å². The SMILES string of the molecule is CC/C=C\C/C=C\C/C=C\C/C=C\CCCCC(=O)OC(COC(=O)CCCCCCC/C=C\CCC)COC(=O)CCCCCCCCCCCCCCCCCCC/C=C\C/C=C\CCCCCCC. The highest BCUT2D eigenvalue weighted by Crippen LogP contribution is 2.16. The summed E-state index contributed by atoms with van der Waals surface area (Å²) < 4.78 is 16.8. The maximum absolute atomic E-state index is 12.8. The van der Waals surface area contributed by atoms with Gasteiger partial charge in [-0.3, -0.25) is 14.4 Å². The van der Waals surface area contributed by atoms with E-state index in [-0.39, 0.29) is 37.5 Å². The highest BCUT2D eigenvalue weighted by Gasteiger charge is 2.19. The molecule has 0 amide bonds. The van der Waals surface area contributed by atoms with Gasteiger partial charge in [-0.05, 0) is 109 Å². The van der Waals surface area contributed by atoms with Crippen LogP contribution in [0.15, 0.2) is 85.1 Å². The molecule has 0 saturated carbocycles. The first-order valence-electron chi connectivity index (χ1n) is 30.6. The molecule has 0 heterocycles. The third-order valence-corrected chi connectivity index (χ3v) is 13.1. The average Bonchev–Trinajstić information content (AvgIpc) is 3.38. The van der Waals surface area contributed by atoms with E-state index in [1.165, 1.54) is 148 Å². The summed E-state index contributed by atoms with van der Waals surface area (Å²) in [6, 6.07) is 0. The van der Waals surface area contributed by atoms with Crippen LogP contribution in [0, 0.1) is 0 Å². The maximum atomic E-state index is 12.8. The highest BCUT2D eigenvalue weighted by atomic mass is 16.6. The smallest absolute Gasteiger partial charge is 0.306 e. The van der Waals surface area contributed by atoms with Crippen LogP contribution in [0.3, 0.4) is 0 Å². The first-order valence-corrected chi connectivity index (χ1v) is 30.6. The number of carbonyl (C=O) groups excluding carboxylic acids is 3. The van der Waals surface area contributed by atoms with E-state index < -0.39 is 6.10 Å². The summed E-state index contributed by atoms with van der Waals surface area (Å²) >= 11 is 0. The number of unbranched alkanes of at least 4 members (excludes halogenated alkanes) is 30. The van der Waals surface area contributed by atoms with Crippen molar-refractivity contribution < 1.29 is 28.6 Å². The summed E-state index contributed by atoms with van der Waals surface area (Å²) in [7, 11) is 0. The fourth-order valence-corrected chi connectivity index (χ4v) is 8.53. The Bertz CT molecular complexity index is 1380. The molecule has 0 N–H and O–H groups in total. The first kappa shape index (κ1) is 68.6. The highest BCUT2D eigenvalue weighted by molar-refractivity contribution is 5.71. The van der Waals surface area contributed by atoms with Crippen LogP contribution in [0.2, 0.25) is 0 Å². The van der Waals surface area contributed by atoms with Gasteiger partial charge in [0.25, 0.3) is 0 Å². The average molecular weight is 1000 g/mol. The summed E-state index contributed by atoms with van der Waals surface area (Å²) in [6.07, 6.45) is 79.0. The lowest BCUT2D eigenvalue weighted by Gasteiger charge is -2.18. The fourth-order valence-electron chi connectivity index (χ4n) is 8.53. The van der Waals surface area contributed by atoms with Crippen molar-refractivity contribution in [1.82, 2.24) is 0 Å². The Hall–Kier alpha value is -3.41. The monoisotopic (exact) mass is 1000 g/mol. The molecule has 0 aliphatic rings. The molecule has 0 spiro atoms. The third-order valence-electron chi connectivity index (χ3n) is 13.1. The van der Waals surface area contributed by atoms with Crippen molar-refractivity contribution >= 4 is 17.9 Å². The Morgan fingerprint density at radius 1 is 0.292 bits per heavy atom. The van der Waals surface area contributed by atoms with Gasteiger partial charge in [-0.1, -0.05) is 254 Å². The van der Waals surface area contributed by atoms with E-state index in [1.54, 1.807) is 0 Å². The van der Waals surface area contributed by atoms with E-state index in [4.69, 9.17) is 14.2 Å². The molecule has 72 heavy (non-hydrogen) atoms. The van der Waals surface area contributed by atoms with E-state index in [9.17, 15) is 14.4 Å². The second kappa shape index (κ2) is 60.1. The number of esters is 3. The van der Waals surface area contributed by atoms with Crippen molar-refractivity contribution in [1.29, 1.82) is 0 Å². The molecule has 0 fully saturated rings. The van der Waals surface area contributed by atoms with Crippen LogP contribution in [0.1, 0.15) is 297 Å². The first-order chi connectivity index (χ1) is 35.5. The Balaban J connectivity index is 4.17. The van der Waals surface area contributed by atoms with Crippen LogP contribution in [0.25, 0.3) is 0 Å². The molecule has 0 aliphatic carbocycles. The molecule has 0 aromatic rings. The Kier molecular flexibility index (Phi) is 57.3. The number of hydrogen-bond acceptors (Lipinski definition) is 6. The van der Waals surface area contributed by atoms with E-state index in [1.807, 2.05) is 0 Å². The van der Waals surface area contributed by atoms with Gasteiger partial charge in [-0.2, -0.15) is 0 Å². The van der Waals surface area contributed by atoms with Gasteiger partial charge in [-0.15, -0.1) is 0 Å². The Labute approximate surface area is 445 Å². The molecule has 1 unspecified atom stereocenters. The number of allylic oxidation sites excluding steroid dienone is 14. The molecule has 6 heteroatoms. The van der Waals surface area contributed by atoms with E-state index in [0.29, 0.717) is 19.3 Å². The summed E-state index contributed by atoms with van der Waals surface area (Å²) in [5.74, 6) is -0.941. The van der Waals surface area contributed by atoms with Crippen molar-refractivity contribution in [2.45, 2.75) is 303 Å². The molecule has 0 aromatic heterocycles. The van der Waals surface area contributed by atoms with Gasteiger partial charge in [0.05, 0.1) is 0 Å². The normalized spacial score (nSPS) is 12.7. The van der Waals surface area contributed by atoms with Crippen molar-refractivity contribution in [3.63, 3.8) is 0 Å². The van der Waals surface area contributed by atoms with Gasteiger partial charge < -0.3 is 14.2 Å². The van der Waals surface area contributed by atoms with Crippen LogP contribution in [0.4, 0.5) is 0 Å². The summed E-state index contributed by atoms with van der Waals surface area (Å²) in [4.78, 5) is 38.1. The quantitative estimate of drug-likeness (QED) is 0.0261. The topological polar surface area (TPSA) is 78.9 Å². The molecule has 414 valence electrons. The predicted octanol–water partition coefficient (Wildman–Crippen LogP) is 20.7. The van der Waals surface area contributed by atoms with Crippen LogP contribution in [0.5, 0.6) is 0 Å². The molecule has 0 aromatic carbocycles. The second-order valence-corrected chi connectivity index (χ2v) is 20.2. The third kappa shape index (κ3) is 57.5. The van der Waals surface area contributed by atoms with E-state index in [2.05, 4.69) is 106 Å². The van der Waals surface area contributed by atoms with E-state index in [0.717, 1.165) is 103 Å². The number of ether oxygens (including phenoxy) is 3. The fraction of sp³-hybridized carbons (Fsp3) is 0.742. The van der Waals surface area contributed by atoms with E-state index >= 15 is 0 Å². The predicted molar refractivity (Wildman–Crippen MR) is 311 cm³/mol. The zero-order chi connectivity index (χ0) is 52.2. The van der Waals surface area contributed by atoms with Gasteiger partial charge in [0, 0.05) is 19.3 Å². The van der Waals surface area contributed by atoms with Crippen molar-refractivity contribution in [2.75, 3.05) is 13.2 Å². The minimum Gasteiger partial charge on any atom is -0.462 e. The number of carbonyl (C=O) groups is 3.